The van der Waals surface area contributed by atoms with E-state index < -0.39 is 11.6 Å². The van der Waals surface area contributed by atoms with Gasteiger partial charge in [-0.05, 0) is 55.2 Å². The average Bonchev–Trinajstić information content (AvgIpc) is 3.35. The molecule has 156 valence electrons. The van der Waals surface area contributed by atoms with Crippen LogP contribution in [0.15, 0.2) is 18.2 Å². The van der Waals surface area contributed by atoms with Crippen LogP contribution in [0.3, 0.4) is 0 Å². The Labute approximate surface area is 165 Å². The topological polar surface area (TPSA) is 49.8 Å². The molecule has 1 aromatic carbocycles. The Morgan fingerprint density at radius 3 is 2.64 bits per heavy atom. The standard InChI is InChI=1S/C21H29F2NO.CH2O2/c22-19-8-7-17(10-20(19)23)11-24-12-18-6-3-9-21(18,14-24)15-25-13-16-4-1-2-5-16;2-1-3/h7-8,10,16,18H,1-6,9,11-15H2;1H,(H,2,3)/t18-,21+;/m1./s1. The van der Waals surface area contributed by atoms with Gasteiger partial charge in [-0.1, -0.05) is 25.3 Å². The van der Waals surface area contributed by atoms with Gasteiger partial charge in [-0.15, -0.1) is 0 Å². The molecular weight excluding hydrogens is 364 g/mol. The molecule has 0 spiro atoms. The monoisotopic (exact) mass is 395 g/mol. The summed E-state index contributed by atoms with van der Waals surface area (Å²) in [6.07, 6.45) is 9.22. The van der Waals surface area contributed by atoms with Gasteiger partial charge in [0.25, 0.3) is 6.47 Å². The number of carbonyl (C=O) groups is 1. The molecule has 0 bridgehead atoms. The molecule has 2 aliphatic carbocycles. The summed E-state index contributed by atoms with van der Waals surface area (Å²) in [5, 5.41) is 6.89. The molecule has 3 fully saturated rings. The number of nitrogens with zero attached hydrogens (tertiary/aromatic N) is 1. The third kappa shape index (κ3) is 5.09. The van der Waals surface area contributed by atoms with Crippen molar-refractivity contribution in [1.29, 1.82) is 0 Å². The molecule has 0 amide bonds. The maximum absolute atomic E-state index is 13.5. The fraction of sp³-hybridized carbons (Fsp3) is 0.682. The van der Waals surface area contributed by atoms with E-state index in [1.54, 1.807) is 6.07 Å². The Bertz CT molecular complexity index is 651. The molecule has 1 heterocycles. The normalized spacial score (nSPS) is 27.4. The molecule has 4 nitrogen and oxygen atoms in total. The van der Waals surface area contributed by atoms with Gasteiger partial charge in [0.1, 0.15) is 0 Å². The lowest BCUT2D eigenvalue weighted by Crippen LogP contribution is -2.33. The van der Waals surface area contributed by atoms with E-state index in [-0.39, 0.29) is 11.9 Å². The summed E-state index contributed by atoms with van der Waals surface area (Å²) in [7, 11) is 0. The smallest absolute Gasteiger partial charge is 0.290 e. The van der Waals surface area contributed by atoms with Crippen LogP contribution >= 0.6 is 0 Å². The van der Waals surface area contributed by atoms with Gasteiger partial charge in [0.15, 0.2) is 11.6 Å². The van der Waals surface area contributed by atoms with Gasteiger partial charge in [0.05, 0.1) is 6.61 Å². The fourth-order valence-electron chi connectivity index (χ4n) is 5.38. The van der Waals surface area contributed by atoms with Crippen LogP contribution in [0.4, 0.5) is 8.78 Å². The van der Waals surface area contributed by atoms with Crippen LogP contribution in [-0.2, 0) is 16.1 Å². The molecule has 0 radical (unpaired) electrons. The largest absolute Gasteiger partial charge is 0.483 e. The van der Waals surface area contributed by atoms with Crippen molar-refractivity contribution in [3.63, 3.8) is 0 Å². The molecule has 28 heavy (non-hydrogen) atoms. The van der Waals surface area contributed by atoms with Gasteiger partial charge in [-0.2, -0.15) is 0 Å². The highest BCUT2D eigenvalue weighted by molar-refractivity contribution is 5.32. The molecule has 1 N–H and O–H groups in total. The van der Waals surface area contributed by atoms with Gasteiger partial charge in [0, 0.05) is 31.7 Å². The van der Waals surface area contributed by atoms with Crippen molar-refractivity contribution < 1.29 is 23.4 Å². The predicted molar refractivity (Wildman–Crippen MR) is 103 cm³/mol. The number of likely N-dealkylation sites (tertiary alicyclic amines) is 1. The second-order valence-corrected chi connectivity index (χ2v) is 8.64. The Kier molecular flexibility index (Phi) is 7.41. The van der Waals surface area contributed by atoms with Crippen molar-refractivity contribution in [3.8, 4) is 0 Å². The van der Waals surface area contributed by atoms with Gasteiger partial charge in [-0.3, -0.25) is 9.69 Å². The highest BCUT2D eigenvalue weighted by Crippen LogP contribution is 2.49. The first-order chi connectivity index (χ1) is 13.6. The summed E-state index contributed by atoms with van der Waals surface area (Å²) >= 11 is 0. The summed E-state index contributed by atoms with van der Waals surface area (Å²) in [6, 6.07) is 4.28. The van der Waals surface area contributed by atoms with Crippen LogP contribution in [0.1, 0.15) is 50.5 Å². The molecule has 3 aliphatic rings. The molecule has 0 unspecified atom stereocenters. The minimum absolute atomic E-state index is 0.250. The molecule has 0 aromatic heterocycles. The van der Waals surface area contributed by atoms with Crippen LogP contribution in [0.25, 0.3) is 0 Å². The van der Waals surface area contributed by atoms with Crippen molar-refractivity contribution in [1.82, 2.24) is 4.90 Å². The minimum atomic E-state index is -0.765. The van der Waals surface area contributed by atoms with E-state index in [1.165, 1.54) is 57.1 Å². The number of halogens is 2. The number of benzene rings is 1. The number of hydrogen-bond acceptors (Lipinski definition) is 3. The Balaban J connectivity index is 0.000000706. The highest BCUT2D eigenvalue weighted by Gasteiger charge is 2.49. The quantitative estimate of drug-likeness (QED) is 0.722. The van der Waals surface area contributed by atoms with E-state index in [4.69, 9.17) is 14.6 Å². The number of rotatable bonds is 6. The molecule has 2 atom stereocenters. The van der Waals surface area contributed by atoms with E-state index in [0.717, 1.165) is 37.8 Å². The van der Waals surface area contributed by atoms with Crippen molar-refractivity contribution in [2.24, 2.45) is 17.3 Å². The summed E-state index contributed by atoms with van der Waals surface area (Å²) in [5.41, 5.74) is 1.15. The van der Waals surface area contributed by atoms with Crippen molar-refractivity contribution in [2.75, 3.05) is 26.3 Å². The summed E-state index contributed by atoms with van der Waals surface area (Å²) in [6.45, 7) is 4.35. The van der Waals surface area contributed by atoms with Gasteiger partial charge < -0.3 is 9.84 Å². The Morgan fingerprint density at radius 2 is 1.93 bits per heavy atom. The minimum Gasteiger partial charge on any atom is -0.483 e. The van der Waals surface area contributed by atoms with Gasteiger partial charge >= 0.3 is 0 Å². The van der Waals surface area contributed by atoms with E-state index in [2.05, 4.69) is 4.90 Å². The number of fused-ring (bicyclic) bond motifs is 1. The second kappa shape index (κ2) is 9.79. The van der Waals surface area contributed by atoms with Crippen LogP contribution in [0, 0.1) is 28.9 Å². The first-order valence-corrected chi connectivity index (χ1v) is 10.4. The lowest BCUT2D eigenvalue weighted by atomic mass is 9.81. The number of hydrogen-bond donors (Lipinski definition) is 1. The fourth-order valence-corrected chi connectivity index (χ4v) is 5.38. The van der Waals surface area contributed by atoms with Gasteiger partial charge in [-0.25, -0.2) is 8.78 Å². The summed E-state index contributed by atoms with van der Waals surface area (Å²) in [5.74, 6) is -0.0392. The first kappa shape index (κ1) is 21.2. The zero-order valence-electron chi connectivity index (χ0n) is 16.4. The van der Waals surface area contributed by atoms with Crippen molar-refractivity contribution in [3.05, 3.63) is 35.4 Å². The zero-order chi connectivity index (χ0) is 20.0. The third-order valence-electron chi connectivity index (χ3n) is 6.72. The summed E-state index contributed by atoms with van der Waals surface area (Å²) < 4.78 is 32.8. The van der Waals surface area contributed by atoms with Crippen LogP contribution in [0.2, 0.25) is 0 Å². The number of carboxylic acid groups (broad SMARTS) is 1. The molecular formula is C22H31F2NO3. The van der Waals surface area contributed by atoms with E-state index >= 15 is 0 Å². The number of ether oxygens (including phenoxy) is 1. The summed E-state index contributed by atoms with van der Waals surface area (Å²) in [4.78, 5) is 10.8. The van der Waals surface area contributed by atoms with Crippen molar-refractivity contribution >= 4 is 6.47 Å². The maximum atomic E-state index is 13.5. The highest BCUT2D eigenvalue weighted by atomic mass is 19.2. The molecule has 2 saturated carbocycles. The first-order valence-electron chi connectivity index (χ1n) is 10.4. The lowest BCUT2D eigenvalue weighted by Gasteiger charge is -2.29. The molecule has 1 aromatic rings. The maximum Gasteiger partial charge on any atom is 0.290 e. The SMILES string of the molecule is Fc1ccc(CN2C[C@H]3CCC[C@@]3(COCC3CCCC3)C2)cc1F.O=CO. The van der Waals surface area contributed by atoms with Crippen LogP contribution in [0.5, 0.6) is 0 Å². The van der Waals surface area contributed by atoms with E-state index in [0.29, 0.717) is 12.5 Å². The predicted octanol–water partition coefficient (Wildman–Crippen LogP) is 4.47. The van der Waals surface area contributed by atoms with Crippen LogP contribution < -0.4 is 0 Å². The Hall–Kier alpha value is -1.53. The molecule has 6 heteroatoms. The second-order valence-electron chi connectivity index (χ2n) is 8.64. The molecule has 4 rings (SSSR count). The van der Waals surface area contributed by atoms with Crippen LogP contribution in [-0.4, -0.2) is 42.8 Å². The Morgan fingerprint density at radius 1 is 1.18 bits per heavy atom. The zero-order valence-corrected chi connectivity index (χ0v) is 16.4. The van der Waals surface area contributed by atoms with E-state index in [9.17, 15) is 8.78 Å². The van der Waals surface area contributed by atoms with Gasteiger partial charge in [0.2, 0.25) is 0 Å². The average molecular weight is 395 g/mol. The third-order valence-corrected chi connectivity index (χ3v) is 6.72. The van der Waals surface area contributed by atoms with Crippen molar-refractivity contribution in [2.45, 2.75) is 51.5 Å². The molecule has 1 aliphatic heterocycles. The lowest BCUT2D eigenvalue weighted by molar-refractivity contribution is -0.122. The van der Waals surface area contributed by atoms with E-state index in [1.807, 2.05) is 0 Å². The molecule has 1 saturated heterocycles.